The van der Waals surface area contributed by atoms with E-state index in [2.05, 4.69) is 4.98 Å². The standard InChI is InChI=1S/C20H18N2O2/c23-19(18-17-9-5-4-6-15(17)10-12-21-18)22-13-11-20(24,14-22)16-7-2-1-3-8-16/h1-10,12,24H,11,13-14H2. The summed E-state index contributed by atoms with van der Waals surface area (Å²) in [7, 11) is 0. The number of nitrogens with zero attached hydrogens (tertiary/aromatic N) is 2. The number of pyridine rings is 1. The number of benzene rings is 2. The van der Waals surface area contributed by atoms with Gasteiger partial charge in [-0.15, -0.1) is 0 Å². The first-order valence-corrected chi connectivity index (χ1v) is 8.08. The molecule has 4 rings (SSSR count). The maximum atomic E-state index is 12.9. The van der Waals surface area contributed by atoms with E-state index in [1.165, 1.54) is 0 Å². The maximum Gasteiger partial charge on any atom is 0.273 e. The first-order chi connectivity index (χ1) is 11.7. The fourth-order valence-corrected chi connectivity index (χ4v) is 3.39. The number of amides is 1. The van der Waals surface area contributed by atoms with Gasteiger partial charge in [0.05, 0.1) is 6.54 Å². The smallest absolute Gasteiger partial charge is 0.273 e. The highest BCUT2D eigenvalue weighted by atomic mass is 16.3. The summed E-state index contributed by atoms with van der Waals surface area (Å²) in [6.07, 6.45) is 2.20. The highest BCUT2D eigenvalue weighted by Gasteiger charge is 2.40. The number of hydrogen-bond donors (Lipinski definition) is 1. The van der Waals surface area contributed by atoms with Crippen molar-refractivity contribution in [1.82, 2.24) is 9.88 Å². The van der Waals surface area contributed by atoms with Gasteiger partial charge in [0, 0.05) is 18.1 Å². The molecule has 4 heteroatoms. The molecular weight excluding hydrogens is 300 g/mol. The van der Waals surface area contributed by atoms with Crippen LogP contribution in [0.5, 0.6) is 0 Å². The molecule has 24 heavy (non-hydrogen) atoms. The van der Waals surface area contributed by atoms with Crippen molar-refractivity contribution >= 4 is 16.7 Å². The normalized spacial score (nSPS) is 20.5. The summed E-state index contributed by atoms with van der Waals surface area (Å²) >= 11 is 0. The third-order valence-electron chi connectivity index (χ3n) is 4.72. The molecule has 2 aromatic carbocycles. The van der Waals surface area contributed by atoms with Crippen LogP contribution in [0.25, 0.3) is 10.8 Å². The maximum absolute atomic E-state index is 12.9. The third-order valence-corrected chi connectivity index (χ3v) is 4.72. The fraction of sp³-hybridized carbons (Fsp3) is 0.200. The first-order valence-electron chi connectivity index (χ1n) is 8.08. The molecule has 1 amide bonds. The van der Waals surface area contributed by atoms with Gasteiger partial charge in [-0.1, -0.05) is 54.6 Å². The minimum Gasteiger partial charge on any atom is -0.383 e. The largest absolute Gasteiger partial charge is 0.383 e. The van der Waals surface area contributed by atoms with Crippen LogP contribution >= 0.6 is 0 Å². The molecule has 2 heterocycles. The van der Waals surface area contributed by atoms with Crippen LogP contribution in [-0.2, 0) is 5.60 Å². The number of likely N-dealkylation sites (tertiary alicyclic amines) is 1. The molecule has 4 nitrogen and oxygen atoms in total. The van der Waals surface area contributed by atoms with E-state index in [-0.39, 0.29) is 5.91 Å². The van der Waals surface area contributed by atoms with E-state index in [1.54, 1.807) is 11.1 Å². The van der Waals surface area contributed by atoms with Crippen LogP contribution in [0.3, 0.4) is 0 Å². The van der Waals surface area contributed by atoms with E-state index in [9.17, 15) is 9.90 Å². The zero-order chi connectivity index (χ0) is 16.6. The minimum atomic E-state index is -0.985. The van der Waals surface area contributed by atoms with Gasteiger partial charge in [0.25, 0.3) is 5.91 Å². The summed E-state index contributed by atoms with van der Waals surface area (Å²) < 4.78 is 0. The van der Waals surface area contributed by atoms with Gasteiger partial charge in [0.2, 0.25) is 0 Å². The minimum absolute atomic E-state index is 0.126. The molecule has 1 saturated heterocycles. The van der Waals surface area contributed by atoms with Crippen molar-refractivity contribution in [2.24, 2.45) is 0 Å². The predicted octanol–water partition coefficient (Wildman–Crippen LogP) is 2.97. The van der Waals surface area contributed by atoms with Crippen molar-refractivity contribution in [3.05, 3.63) is 78.1 Å². The lowest BCUT2D eigenvalue weighted by Gasteiger charge is -2.24. The van der Waals surface area contributed by atoms with E-state index in [1.807, 2.05) is 60.7 Å². The second-order valence-electron chi connectivity index (χ2n) is 6.26. The summed E-state index contributed by atoms with van der Waals surface area (Å²) in [4.78, 5) is 18.9. The molecule has 1 fully saturated rings. The van der Waals surface area contributed by atoms with Gasteiger partial charge in [-0.25, -0.2) is 0 Å². The predicted molar refractivity (Wildman–Crippen MR) is 92.6 cm³/mol. The number of rotatable bonds is 2. The Morgan fingerprint density at radius 2 is 1.79 bits per heavy atom. The Hall–Kier alpha value is -2.72. The summed E-state index contributed by atoms with van der Waals surface area (Å²) in [6, 6.07) is 19.2. The molecule has 0 bridgehead atoms. The first kappa shape index (κ1) is 14.8. The number of aliphatic hydroxyl groups is 1. The van der Waals surface area contributed by atoms with Gasteiger partial charge in [-0.05, 0) is 23.4 Å². The zero-order valence-corrected chi connectivity index (χ0v) is 13.2. The molecular formula is C20H18N2O2. The average Bonchev–Trinajstić information content (AvgIpc) is 3.05. The Morgan fingerprint density at radius 3 is 2.62 bits per heavy atom. The lowest BCUT2D eigenvalue weighted by Crippen LogP contribution is -2.34. The van der Waals surface area contributed by atoms with E-state index in [4.69, 9.17) is 0 Å². The Balaban J connectivity index is 1.64. The molecule has 0 saturated carbocycles. The molecule has 120 valence electrons. The van der Waals surface area contributed by atoms with Crippen molar-refractivity contribution in [3.8, 4) is 0 Å². The quantitative estimate of drug-likeness (QED) is 0.790. The Morgan fingerprint density at radius 1 is 1.04 bits per heavy atom. The summed E-state index contributed by atoms with van der Waals surface area (Å²) in [5, 5.41) is 12.8. The Kier molecular flexibility index (Phi) is 3.54. The van der Waals surface area contributed by atoms with Crippen molar-refractivity contribution in [2.45, 2.75) is 12.0 Å². The Labute approximate surface area is 140 Å². The summed E-state index contributed by atoms with van der Waals surface area (Å²) in [5.41, 5.74) is 0.318. The van der Waals surface area contributed by atoms with E-state index >= 15 is 0 Å². The highest BCUT2D eigenvalue weighted by molar-refractivity contribution is 6.05. The second kappa shape index (κ2) is 5.73. The highest BCUT2D eigenvalue weighted by Crippen LogP contribution is 2.32. The molecule has 3 aromatic rings. The molecule has 1 N–H and O–H groups in total. The lowest BCUT2D eigenvalue weighted by atomic mass is 9.93. The number of carbonyl (C=O) groups is 1. The van der Waals surface area contributed by atoms with Gasteiger partial charge in [0.15, 0.2) is 0 Å². The van der Waals surface area contributed by atoms with Gasteiger partial charge < -0.3 is 10.0 Å². The van der Waals surface area contributed by atoms with Crippen molar-refractivity contribution in [3.63, 3.8) is 0 Å². The number of fused-ring (bicyclic) bond motifs is 1. The SMILES string of the molecule is O=C(c1nccc2ccccc12)N1CCC(O)(c2ccccc2)C1. The zero-order valence-electron chi connectivity index (χ0n) is 13.2. The van der Waals surface area contributed by atoms with Gasteiger partial charge in [-0.3, -0.25) is 9.78 Å². The molecule has 0 aliphatic carbocycles. The van der Waals surface area contributed by atoms with Crippen LogP contribution in [0, 0.1) is 0 Å². The van der Waals surface area contributed by atoms with Crippen LogP contribution < -0.4 is 0 Å². The molecule has 1 atom stereocenters. The number of carbonyl (C=O) groups excluding carboxylic acids is 1. The fourth-order valence-electron chi connectivity index (χ4n) is 3.39. The third kappa shape index (κ3) is 2.45. The topological polar surface area (TPSA) is 53.4 Å². The van der Waals surface area contributed by atoms with E-state index in [0.717, 1.165) is 16.3 Å². The molecule has 0 spiro atoms. The van der Waals surface area contributed by atoms with E-state index < -0.39 is 5.60 Å². The van der Waals surface area contributed by atoms with Crippen molar-refractivity contribution in [2.75, 3.05) is 13.1 Å². The van der Waals surface area contributed by atoms with Crippen LogP contribution in [0.1, 0.15) is 22.5 Å². The van der Waals surface area contributed by atoms with Gasteiger partial charge in [0.1, 0.15) is 11.3 Å². The number of hydrogen-bond acceptors (Lipinski definition) is 3. The Bertz CT molecular complexity index is 889. The number of β-amino-alcohol motifs (C(OH)–C–C–N with tert-alkyl or cyclic N) is 1. The summed E-state index contributed by atoms with van der Waals surface area (Å²) in [5.74, 6) is -0.126. The van der Waals surface area contributed by atoms with Crippen LogP contribution in [0.2, 0.25) is 0 Å². The van der Waals surface area contributed by atoms with Crippen LogP contribution in [0.4, 0.5) is 0 Å². The average molecular weight is 318 g/mol. The monoisotopic (exact) mass is 318 g/mol. The molecule has 1 aliphatic rings. The second-order valence-corrected chi connectivity index (χ2v) is 6.26. The van der Waals surface area contributed by atoms with Crippen LogP contribution in [0.15, 0.2) is 66.9 Å². The molecule has 1 aliphatic heterocycles. The molecule has 1 aromatic heterocycles. The van der Waals surface area contributed by atoms with E-state index in [0.29, 0.717) is 25.2 Å². The summed E-state index contributed by atoms with van der Waals surface area (Å²) in [6.45, 7) is 0.815. The lowest BCUT2D eigenvalue weighted by molar-refractivity contribution is 0.0416. The van der Waals surface area contributed by atoms with Crippen molar-refractivity contribution in [1.29, 1.82) is 0 Å². The molecule has 0 radical (unpaired) electrons. The number of aromatic nitrogens is 1. The van der Waals surface area contributed by atoms with Crippen LogP contribution in [-0.4, -0.2) is 34.0 Å². The van der Waals surface area contributed by atoms with Gasteiger partial charge >= 0.3 is 0 Å². The van der Waals surface area contributed by atoms with Crippen molar-refractivity contribution < 1.29 is 9.90 Å². The van der Waals surface area contributed by atoms with Gasteiger partial charge in [-0.2, -0.15) is 0 Å². The molecule has 1 unspecified atom stereocenters.